The van der Waals surface area contributed by atoms with Crippen LogP contribution in [0.2, 0.25) is 0 Å². The van der Waals surface area contributed by atoms with Gasteiger partial charge in [0, 0.05) is 36.8 Å². The predicted octanol–water partition coefficient (Wildman–Crippen LogP) is 1.55. The van der Waals surface area contributed by atoms with Gasteiger partial charge >= 0.3 is 5.97 Å². The smallest absolute Gasteiger partial charge is 0.323 e. The number of halogens is 1. The maximum absolute atomic E-state index is 13.7. The summed E-state index contributed by atoms with van der Waals surface area (Å²) in [7, 11) is 2.61. The molecular weight excluding hydrogens is 447 g/mol. The molecule has 4 N–H and O–H groups in total. The van der Waals surface area contributed by atoms with Crippen LogP contribution in [-0.4, -0.2) is 72.0 Å². The second kappa shape index (κ2) is 9.87. The Bertz CT molecular complexity index is 1200. The minimum Gasteiger partial charge on any atom is -0.480 e. The van der Waals surface area contributed by atoms with Gasteiger partial charge < -0.3 is 30.4 Å². The topological polar surface area (TPSA) is 141 Å². The van der Waals surface area contributed by atoms with E-state index in [0.717, 1.165) is 4.90 Å². The number of aryl methyl sites for hydroxylation is 1. The zero-order chi connectivity index (χ0) is 25.2. The zero-order valence-corrected chi connectivity index (χ0v) is 19.1. The van der Waals surface area contributed by atoms with Crippen LogP contribution in [0.4, 0.5) is 10.1 Å². The Balaban J connectivity index is 1.79. The lowest BCUT2D eigenvalue weighted by Crippen LogP contribution is -2.46. The lowest BCUT2D eigenvalue weighted by molar-refractivity contribution is -0.148. The van der Waals surface area contributed by atoms with Crippen LogP contribution in [-0.2, 0) is 19.1 Å². The van der Waals surface area contributed by atoms with Crippen LogP contribution in [0.25, 0.3) is 11.6 Å². The van der Waals surface area contributed by atoms with Crippen molar-refractivity contribution in [2.45, 2.75) is 20.0 Å². The monoisotopic (exact) mass is 472 g/mol. The van der Waals surface area contributed by atoms with E-state index < -0.39 is 36.2 Å². The summed E-state index contributed by atoms with van der Waals surface area (Å²) in [5.41, 5.74) is 3.11. The minimum atomic E-state index is -1.17. The third kappa shape index (κ3) is 4.99. The van der Waals surface area contributed by atoms with Crippen LogP contribution in [0.5, 0.6) is 0 Å². The summed E-state index contributed by atoms with van der Waals surface area (Å²) < 4.78 is 18.8. The molecule has 0 saturated heterocycles. The van der Waals surface area contributed by atoms with E-state index in [1.54, 1.807) is 19.9 Å². The Morgan fingerprint density at radius 3 is 2.65 bits per heavy atom. The molecule has 1 aliphatic heterocycles. The van der Waals surface area contributed by atoms with E-state index in [1.165, 1.54) is 32.4 Å². The van der Waals surface area contributed by atoms with Gasteiger partial charge in [0.05, 0.1) is 17.7 Å². The molecule has 0 saturated carbocycles. The van der Waals surface area contributed by atoms with Crippen LogP contribution >= 0.6 is 0 Å². The van der Waals surface area contributed by atoms with Crippen molar-refractivity contribution in [1.82, 2.24) is 15.2 Å². The number of fused-ring (bicyclic) bond motifs is 1. The number of aliphatic carboxylic acids is 1. The highest BCUT2D eigenvalue weighted by Crippen LogP contribution is 2.34. The Labute approximate surface area is 194 Å². The molecule has 1 atom stereocenters. The number of rotatable bonds is 8. The van der Waals surface area contributed by atoms with Crippen LogP contribution in [0, 0.1) is 19.7 Å². The number of carbonyl (C=O) groups is 4. The van der Waals surface area contributed by atoms with Crippen molar-refractivity contribution >= 4 is 41.0 Å². The highest BCUT2D eigenvalue weighted by molar-refractivity contribution is 6.34. The van der Waals surface area contributed by atoms with Gasteiger partial charge in [-0.25, -0.2) is 4.39 Å². The van der Waals surface area contributed by atoms with Gasteiger partial charge in [0.15, 0.2) is 6.10 Å². The third-order valence-electron chi connectivity index (χ3n) is 5.51. The fraction of sp³-hybridized carbons (Fsp3) is 0.304. The van der Waals surface area contributed by atoms with Gasteiger partial charge in [-0.1, -0.05) is 0 Å². The van der Waals surface area contributed by atoms with Crippen LogP contribution < -0.4 is 10.6 Å². The van der Waals surface area contributed by atoms with Gasteiger partial charge in [0.1, 0.15) is 12.4 Å². The molecule has 1 aliphatic rings. The Morgan fingerprint density at radius 2 is 2.00 bits per heavy atom. The number of carbonyl (C=O) groups excluding carboxylic acids is 3. The number of likely N-dealkylation sites (N-methyl/N-ethyl adjacent to an activating group) is 1. The highest BCUT2D eigenvalue weighted by Gasteiger charge is 2.27. The largest absolute Gasteiger partial charge is 0.480 e. The molecule has 1 aromatic carbocycles. The van der Waals surface area contributed by atoms with Gasteiger partial charge in [-0.2, -0.15) is 0 Å². The fourth-order valence-corrected chi connectivity index (χ4v) is 3.78. The zero-order valence-electron chi connectivity index (χ0n) is 19.1. The van der Waals surface area contributed by atoms with Crippen molar-refractivity contribution in [2.24, 2.45) is 0 Å². The summed E-state index contributed by atoms with van der Waals surface area (Å²) in [6.45, 7) is 2.71. The summed E-state index contributed by atoms with van der Waals surface area (Å²) >= 11 is 0. The number of nitrogens with one attached hydrogen (secondary N) is 3. The van der Waals surface area contributed by atoms with E-state index >= 15 is 0 Å². The lowest BCUT2D eigenvalue weighted by atomic mass is 10.0. The normalized spacial score (nSPS) is 14.5. The Kier molecular flexibility index (Phi) is 7.16. The standard InChI is InChI=1S/C23H25FN4O6/c1-11-17(8-15-14-7-13(24)5-6-16(14)27-21(15)31)26-12(2)20(11)22(32)25-9-18(34-4)23(33)28(3)10-19(29)30/h5-8,18,26H,9-10H2,1-4H3,(H,25,32)(H,27,31)(H,29,30)/b15-8-. The first-order valence-electron chi connectivity index (χ1n) is 10.3. The molecule has 2 heterocycles. The van der Waals surface area contributed by atoms with Crippen molar-refractivity contribution in [2.75, 3.05) is 32.6 Å². The molecule has 34 heavy (non-hydrogen) atoms. The Hall–Kier alpha value is -3.99. The number of amides is 3. The molecule has 2 aromatic rings. The van der Waals surface area contributed by atoms with E-state index in [-0.39, 0.29) is 18.0 Å². The molecule has 180 valence electrons. The average Bonchev–Trinajstić information content (AvgIpc) is 3.22. The van der Waals surface area contributed by atoms with Crippen molar-refractivity contribution in [1.29, 1.82) is 0 Å². The number of carboxylic acid groups (broad SMARTS) is 1. The quantitative estimate of drug-likeness (QED) is 0.430. The van der Waals surface area contributed by atoms with Gasteiger partial charge in [-0.15, -0.1) is 0 Å². The summed E-state index contributed by atoms with van der Waals surface area (Å²) in [5.74, 6) is -3.09. The molecule has 1 aromatic heterocycles. The average molecular weight is 472 g/mol. The maximum atomic E-state index is 13.7. The van der Waals surface area contributed by atoms with E-state index in [9.17, 15) is 23.6 Å². The van der Waals surface area contributed by atoms with E-state index in [1.807, 2.05) is 0 Å². The Morgan fingerprint density at radius 1 is 1.29 bits per heavy atom. The van der Waals surface area contributed by atoms with E-state index in [2.05, 4.69) is 15.6 Å². The number of methoxy groups -OCH3 is 1. The van der Waals surface area contributed by atoms with Crippen LogP contribution in [0.15, 0.2) is 18.2 Å². The van der Waals surface area contributed by atoms with Gasteiger partial charge in [-0.3, -0.25) is 19.2 Å². The van der Waals surface area contributed by atoms with Crippen LogP contribution in [0.3, 0.4) is 0 Å². The number of ether oxygens (including phenoxy) is 1. The summed E-state index contributed by atoms with van der Waals surface area (Å²) in [6, 6.07) is 4.00. The molecule has 3 amide bonds. The van der Waals surface area contributed by atoms with Crippen LogP contribution in [0.1, 0.15) is 32.9 Å². The van der Waals surface area contributed by atoms with Crippen molar-refractivity contribution in [3.8, 4) is 0 Å². The summed E-state index contributed by atoms with van der Waals surface area (Å²) in [6.07, 6.45) is 0.491. The number of carboxylic acids is 1. The number of H-pyrrole nitrogens is 1. The molecule has 0 spiro atoms. The number of hydrogen-bond donors (Lipinski definition) is 4. The maximum Gasteiger partial charge on any atom is 0.323 e. The van der Waals surface area contributed by atoms with Crippen molar-refractivity contribution in [3.05, 3.63) is 52.1 Å². The minimum absolute atomic E-state index is 0.173. The molecular formula is C23H25FN4O6. The van der Waals surface area contributed by atoms with Gasteiger partial charge in [0.25, 0.3) is 17.7 Å². The van der Waals surface area contributed by atoms with Crippen molar-refractivity contribution < 1.29 is 33.4 Å². The molecule has 11 heteroatoms. The molecule has 0 bridgehead atoms. The second-order valence-corrected chi connectivity index (χ2v) is 7.89. The summed E-state index contributed by atoms with van der Waals surface area (Å²) in [4.78, 5) is 52.5. The second-order valence-electron chi connectivity index (χ2n) is 7.89. The molecule has 3 rings (SSSR count). The summed E-state index contributed by atoms with van der Waals surface area (Å²) in [5, 5.41) is 14.2. The van der Waals surface area contributed by atoms with Gasteiger partial charge in [-0.05, 0) is 43.7 Å². The van der Waals surface area contributed by atoms with Gasteiger partial charge in [0.2, 0.25) is 0 Å². The number of aromatic amines is 1. The molecule has 0 aliphatic carbocycles. The SMILES string of the molecule is COC(CNC(=O)c1c(C)[nH]c(/C=C2\C(=O)Nc3ccc(F)cc32)c1C)C(=O)N(C)CC(=O)O. The fourth-order valence-electron chi connectivity index (χ4n) is 3.78. The molecule has 10 nitrogen and oxygen atoms in total. The number of nitrogens with zero attached hydrogens (tertiary/aromatic N) is 1. The number of hydrogen-bond acceptors (Lipinski definition) is 5. The molecule has 0 radical (unpaired) electrons. The first kappa shape index (κ1) is 24.6. The van der Waals surface area contributed by atoms with E-state index in [4.69, 9.17) is 9.84 Å². The lowest BCUT2D eigenvalue weighted by Gasteiger charge is -2.21. The number of benzene rings is 1. The highest BCUT2D eigenvalue weighted by atomic mass is 19.1. The first-order chi connectivity index (χ1) is 16.0. The predicted molar refractivity (Wildman–Crippen MR) is 122 cm³/mol. The first-order valence-corrected chi connectivity index (χ1v) is 10.3. The molecule has 0 fully saturated rings. The third-order valence-corrected chi connectivity index (χ3v) is 5.51. The number of aromatic nitrogens is 1. The van der Waals surface area contributed by atoms with Crippen molar-refractivity contribution in [3.63, 3.8) is 0 Å². The molecule has 1 unspecified atom stereocenters. The number of anilines is 1. The van der Waals surface area contributed by atoms with E-state index in [0.29, 0.717) is 33.8 Å².